The molecule has 0 spiro atoms. The first-order chi connectivity index (χ1) is 7.25. The molecule has 1 aromatic rings. The van der Waals surface area contributed by atoms with Crippen molar-refractivity contribution in [2.24, 2.45) is 13.0 Å². The molecule has 2 atom stereocenters. The molecule has 1 aromatic heterocycles. The minimum atomic E-state index is -0.0772. The number of aromatic nitrogens is 3. The highest BCUT2D eigenvalue weighted by Crippen LogP contribution is 2.24. The predicted octanol–water partition coefficient (Wildman–Crippen LogP) is 0.0657. The van der Waals surface area contributed by atoms with E-state index in [0.717, 1.165) is 38.2 Å². The third kappa shape index (κ3) is 2.76. The number of rotatable bonds is 4. The summed E-state index contributed by atoms with van der Waals surface area (Å²) in [6.07, 6.45) is 4.51. The highest BCUT2D eigenvalue weighted by atomic mass is 16.3. The van der Waals surface area contributed by atoms with Gasteiger partial charge in [-0.2, -0.15) is 5.10 Å². The summed E-state index contributed by atoms with van der Waals surface area (Å²) in [6.45, 7) is 1.72. The lowest BCUT2D eigenvalue weighted by atomic mass is 10.1. The Balaban J connectivity index is 1.69. The monoisotopic (exact) mass is 210 g/mol. The minimum absolute atomic E-state index is 0.0772. The smallest absolute Gasteiger partial charge is 0.140 e. The van der Waals surface area contributed by atoms with Crippen molar-refractivity contribution in [1.29, 1.82) is 0 Å². The molecule has 1 fully saturated rings. The second-order valence-corrected chi connectivity index (χ2v) is 4.26. The highest BCUT2D eigenvalue weighted by molar-refractivity contribution is 4.83. The maximum absolute atomic E-state index is 9.37. The van der Waals surface area contributed by atoms with Crippen molar-refractivity contribution in [1.82, 2.24) is 20.1 Å². The van der Waals surface area contributed by atoms with Crippen LogP contribution in [0.15, 0.2) is 6.33 Å². The van der Waals surface area contributed by atoms with Crippen molar-refractivity contribution in [2.75, 3.05) is 6.54 Å². The molecule has 5 heteroatoms. The van der Waals surface area contributed by atoms with E-state index in [1.165, 1.54) is 0 Å². The Labute approximate surface area is 89.5 Å². The van der Waals surface area contributed by atoms with Gasteiger partial charge in [0.25, 0.3) is 0 Å². The SMILES string of the molecule is Cn1ncnc1CNCC1CCC(O)C1. The average molecular weight is 210 g/mol. The van der Waals surface area contributed by atoms with Crippen LogP contribution < -0.4 is 5.32 Å². The molecular weight excluding hydrogens is 192 g/mol. The minimum Gasteiger partial charge on any atom is -0.393 e. The molecule has 0 saturated heterocycles. The third-order valence-electron chi connectivity index (χ3n) is 3.03. The first-order valence-electron chi connectivity index (χ1n) is 5.47. The molecule has 0 bridgehead atoms. The first-order valence-corrected chi connectivity index (χ1v) is 5.47. The van der Waals surface area contributed by atoms with E-state index < -0.39 is 0 Å². The summed E-state index contributed by atoms with van der Waals surface area (Å²) in [5, 5.41) is 16.7. The molecule has 5 nitrogen and oxygen atoms in total. The lowest BCUT2D eigenvalue weighted by Crippen LogP contribution is -2.23. The maximum atomic E-state index is 9.37. The molecule has 0 amide bonds. The van der Waals surface area contributed by atoms with Gasteiger partial charge < -0.3 is 10.4 Å². The number of nitrogens with one attached hydrogen (secondary N) is 1. The van der Waals surface area contributed by atoms with Gasteiger partial charge in [-0.15, -0.1) is 0 Å². The van der Waals surface area contributed by atoms with Crippen LogP contribution in [0.1, 0.15) is 25.1 Å². The maximum Gasteiger partial charge on any atom is 0.140 e. The van der Waals surface area contributed by atoms with E-state index in [-0.39, 0.29) is 6.10 Å². The van der Waals surface area contributed by atoms with Crippen molar-refractivity contribution in [2.45, 2.75) is 31.9 Å². The average Bonchev–Trinajstić information content (AvgIpc) is 2.77. The van der Waals surface area contributed by atoms with Crippen molar-refractivity contribution in [3.8, 4) is 0 Å². The summed E-state index contributed by atoms with van der Waals surface area (Å²) in [5.41, 5.74) is 0. The van der Waals surface area contributed by atoms with E-state index in [4.69, 9.17) is 0 Å². The summed E-state index contributed by atoms with van der Waals surface area (Å²) in [6, 6.07) is 0. The Bertz CT molecular complexity index is 312. The molecule has 2 N–H and O–H groups in total. The van der Waals surface area contributed by atoms with Crippen molar-refractivity contribution >= 4 is 0 Å². The van der Waals surface area contributed by atoms with Gasteiger partial charge in [0.1, 0.15) is 12.2 Å². The zero-order valence-corrected chi connectivity index (χ0v) is 9.06. The van der Waals surface area contributed by atoms with Gasteiger partial charge in [-0.3, -0.25) is 4.68 Å². The number of nitrogens with zero attached hydrogens (tertiary/aromatic N) is 3. The molecule has 1 heterocycles. The van der Waals surface area contributed by atoms with Crippen LogP contribution in [-0.4, -0.2) is 32.5 Å². The Morgan fingerprint density at radius 3 is 3.07 bits per heavy atom. The topological polar surface area (TPSA) is 63.0 Å². The highest BCUT2D eigenvalue weighted by Gasteiger charge is 2.22. The van der Waals surface area contributed by atoms with Crippen LogP contribution in [0.25, 0.3) is 0 Å². The van der Waals surface area contributed by atoms with Crippen LogP contribution in [0.5, 0.6) is 0 Å². The summed E-state index contributed by atoms with van der Waals surface area (Å²) >= 11 is 0. The van der Waals surface area contributed by atoms with Gasteiger partial charge in [0.2, 0.25) is 0 Å². The van der Waals surface area contributed by atoms with Crippen molar-refractivity contribution < 1.29 is 5.11 Å². The largest absolute Gasteiger partial charge is 0.393 e. The van der Waals surface area contributed by atoms with E-state index >= 15 is 0 Å². The molecule has 0 radical (unpaired) electrons. The van der Waals surface area contributed by atoms with Gasteiger partial charge in [0, 0.05) is 7.05 Å². The Hall–Kier alpha value is -0.940. The Kier molecular flexibility index (Phi) is 3.33. The quantitative estimate of drug-likeness (QED) is 0.738. The van der Waals surface area contributed by atoms with E-state index in [9.17, 15) is 5.11 Å². The van der Waals surface area contributed by atoms with Crippen LogP contribution in [0.4, 0.5) is 0 Å². The second kappa shape index (κ2) is 4.72. The predicted molar refractivity (Wildman–Crippen MR) is 56.1 cm³/mol. The van der Waals surface area contributed by atoms with Crippen LogP contribution in [0.2, 0.25) is 0 Å². The Morgan fingerprint density at radius 2 is 2.47 bits per heavy atom. The fraction of sp³-hybridized carbons (Fsp3) is 0.800. The van der Waals surface area contributed by atoms with Crippen molar-refractivity contribution in [3.05, 3.63) is 12.2 Å². The molecule has 15 heavy (non-hydrogen) atoms. The standard InChI is InChI=1S/C10H18N4O/c1-14-10(12-7-13-14)6-11-5-8-2-3-9(15)4-8/h7-9,11,15H,2-6H2,1H3. The van der Waals surface area contributed by atoms with Gasteiger partial charge >= 0.3 is 0 Å². The molecular formula is C10H18N4O. The lowest BCUT2D eigenvalue weighted by molar-refractivity contribution is 0.177. The second-order valence-electron chi connectivity index (χ2n) is 4.26. The lowest BCUT2D eigenvalue weighted by Gasteiger charge is -2.10. The zero-order chi connectivity index (χ0) is 10.7. The molecule has 2 unspecified atom stereocenters. The van der Waals surface area contributed by atoms with E-state index in [1.54, 1.807) is 11.0 Å². The first kappa shape index (κ1) is 10.6. The fourth-order valence-corrected chi connectivity index (χ4v) is 2.10. The van der Waals surface area contributed by atoms with E-state index in [0.29, 0.717) is 5.92 Å². The number of aryl methyl sites for hydroxylation is 1. The van der Waals surface area contributed by atoms with Crippen LogP contribution in [0, 0.1) is 5.92 Å². The fourth-order valence-electron chi connectivity index (χ4n) is 2.10. The van der Waals surface area contributed by atoms with E-state index in [1.807, 2.05) is 7.05 Å². The van der Waals surface area contributed by atoms with Crippen molar-refractivity contribution in [3.63, 3.8) is 0 Å². The Morgan fingerprint density at radius 1 is 1.60 bits per heavy atom. The molecule has 1 aliphatic rings. The summed E-state index contributed by atoms with van der Waals surface area (Å²) < 4.78 is 1.77. The summed E-state index contributed by atoms with van der Waals surface area (Å²) in [5.74, 6) is 1.57. The van der Waals surface area contributed by atoms with Gasteiger partial charge in [0.15, 0.2) is 0 Å². The molecule has 2 rings (SSSR count). The van der Waals surface area contributed by atoms with Crippen LogP contribution >= 0.6 is 0 Å². The number of hydrogen-bond acceptors (Lipinski definition) is 4. The van der Waals surface area contributed by atoms with Crippen LogP contribution in [-0.2, 0) is 13.6 Å². The molecule has 1 aliphatic carbocycles. The van der Waals surface area contributed by atoms with Gasteiger partial charge in [-0.05, 0) is 31.7 Å². The molecule has 1 saturated carbocycles. The van der Waals surface area contributed by atoms with Gasteiger partial charge in [0.05, 0.1) is 12.6 Å². The molecule has 0 aliphatic heterocycles. The molecule has 0 aromatic carbocycles. The zero-order valence-electron chi connectivity index (χ0n) is 9.06. The van der Waals surface area contributed by atoms with Gasteiger partial charge in [-0.1, -0.05) is 0 Å². The normalized spacial score (nSPS) is 26.0. The summed E-state index contributed by atoms with van der Waals surface area (Å²) in [7, 11) is 1.89. The number of aliphatic hydroxyl groups excluding tert-OH is 1. The number of aliphatic hydroxyl groups is 1. The number of hydrogen-bond donors (Lipinski definition) is 2. The van der Waals surface area contributed by atoms with Gasteiger partial charge in [-0.25, -0.2) is 4.98 Å². The third-order valence-corrected chi connectivity index (χ3v) is 3.03. The molecule has 84 valence electrons. The summed E-state index contributed by atoms with van der Waals surface area (Å²) in [4.78, 5) is 4.13. The van der Waals surface area contributed by atoms with E-state index in [2.05, 4.69) is 15.4 Å². The van der Waals surface area contributed by atoms with Crippen LogP contribution in [0.3, 0.4) is 0 Å².